The largest absolute Gasteiger partial charge is 0.325 e. The van der Waals surface area contributed by atoms with Crippen LogP contribution in [-0.4, -0.2) is 49.5 Å². The number of urea groups is 1. The van der Waals surface area contributed by atoms with E-state index in [4.69, 9.17) is 0 Å². The number of fused-ring (bicyclic) bond motifs is 1. The molecule has 3 rings (SSSR count). The van der Waals surface area contributed by atoms with Gasteiger partial charge in [0, 0.05) is 12.2 Å². The number of likely N-dealkylation sites (N-methyl/N-ethyl adjacent to an activating group) is 1. The molecule has 2 heterocycles. The average Bonchev–Trinajstić information content (AvgIpc) is 2.82. The maximum atomic E-state index is 12.7. The van der Waals surface area contributed by atoms with Gasteiger partial charge in [-0.2, -0.15) is 0 Å². The third kappa shape index (κ3) is 2.21. The van der Waals surface area contributed by atoms with E-state index >= 15 is 0 Å². The molecule has 2 amide bonds. The number of carbonyl (C=O) groups is 1. The van der Waals surface area contributed by atoms with Crippen LogP contribution in [0.2, 0.25) is 0 Å². The minimum atomic E-state index is -3.07. The molecule has 2 fully saturated rings. The maximum absolute atomic E-state index is 12.7. The highest BCUT2D eigenvalue weighted by Crippen LogP contribution is 2.36. The van der Waals surface area contributed by atoms with E-state index in [0.29, 0.717) is 6.54 Å². The second-order valence-corrected chi connectivity index (χ2v) is 8.09. The molecule has 6 heteroatoms. The zero-order valence-electron chi connectivity index (χ0n) is 12.5. The summed E-state index contributed by atoms with van der Waals surface area (Å²) in [6.07, 6.45) is 0. The molecule has 0 aromatic heterocycles. The molecular weight excluding hydrogens is 288 g/mol. The fourth-order valence-electron chi connectivity index (χ4n) is 3.41. The molecule has 2 aliphatic heterocycles. The molecule has 0 spiro atoms. The van der Waals surface area contributed by atoms with Gasteiger partial charge in [-0.05, 0) is 38.0 Å². The molecule has 0 unspecified atom stereocenters. The Kier molecular flexibility index (Phi) is 3.24. The van der Waals surface area contributed by atoms with Crippen molar-refractivity contribution in [3.63, 3.8) is 0 Å². The zero-order chi connectivity index (χ0) is 15.4. The summed E-state index contributed by atoms with van der Waals surface area (Å²) in [6, 6.07) is 5.39. The van der Waals surface area contributed by atoms with Gasteiger partial charge in [0.2, 0.25) is 0 Å². The first kappa shape index (κ1) is 14.4. The van der Waals surface area contributed by atoms with Gasteiger partial charge < -0.3 is 4.90 Å². The highest BCUT2D eigenvalue weighted by atomic mass is 32.2. The quantitative estimate of drug-likeness (QED) is 0.782. The van der Waals surface area contributed by atoms with Gasteiger partial charge in [0.1, 0.15) is 0 Å². The van der Waals surface area contributed by atoms with Crippen molar-refractivity contribution in [2.45, 2.75) is 32.9 Å². The number of sulfone groups is 1. The smallest absolute Gasteiger partial charge is 0.318 e. The Hall–Kier alpha value is -1.56. The summed E-state index contributed by atoms with van der Waals surface area (Å²) in [5.41, 5.74) is 2.90. The van der Waals surface area contributed by atoms with Crippen molar-refractivity contribution >= 4 is 21.6 Å². The van der Waals surface area contributed by atoms with Crippen molar-refractivity contribution in [1.29, 1.82) is 0 Å². The molecule has 5 nitrogen and oxygen atoms in total. The summed E-state index contributed by atoms with van der Waals surface area (Å²) in [7, 11) is -3.07. The maximum Gasteiger partial charge on any atom is 0.325 e. The van der Waals surface area contributed by atoms with E-state index in [1.54, 1.807) is 9.80 Å². The number of rotatable bonds is 2. The molecule has 0 N–H and O–H groups in total. The predicted molar refractivity (Wildman–Crippen MR) is 82.4 cm³/mol. The number of carbonyl (C=O) groups excluding carboxylic acids is 1. The van der Waals surface area contributed by atoms with E-state index in [1.165, 1.54) is 0 Å². The monoisotopic (exact) mass is 308 g/mol. The lowest BCUT2D eigenvalue weighted by atomic mass is 10.1. The van der Waals surface area contributed by atoms with E-state index in [0.717, 1.165) is 16.8 Å². The Morgan fingerprint density at radius 2 is 1.86 bits per heavy atom. The number of nitrogens with zero attached hydrogens (tertiary/aromatic N) is 2. The summed E-state index contributed by atoms with van der Waals surface area (Å²) in [5.74, 6) is 0.145. The molecule has 0 radical (unpaired) electrons. The highest BCUT2D eigenvalue weighted by Gasteiger charge is 2.53. The van der Waals surface area contributed by atoms with Gasteiger partial charge in [-0.3, -0.25) is 4.90 Å². The molecule has 1 aromatic rings. The second kappa shape index (κ2) is 4.73. The van der Waals surface area contributed by atoms with Crippen LogP contribution in [0.15, 0.2) is 18.2 Å². The number of anilines is 1. The van der Waals surface area contributed by atoms with Crippen LogP contribution in [0.25, 0.3) is 0 Å². The van der Waals surface area contributed by atoms with Crippen molar-refractivity contribution < 1.29 is 13.2 Å². The lowest BCUT2D eigenvalue weighted by Gasteiger charge is -2.24. The second-order valence-electron chi connectivity index (χ2n) is 5.94. The minimum Gasteiger partial charge on any atom is -0.318 e. The molecule has 114 valence electrons. The van der Waals surface area contributed by atoms with Crippen LogP contribution in [0.1, 0.15) is 18.1 Å². The van der Waals surface area contributed by atoms with Crippen molar-refractivity contribution in [3.8, 4) is 0 Å². The Morgan fingerprint density at radius 3 is 2.52 bits per heavy atom. The molecule has 0 saturated carbocycles. The van der Waals surface area contributed by atoms with Gasteiger partial charge in [-0.1, -0.05) is 12.1 Å². The molecule has 1 aromatic carbocycles. The lowest BCUT2D eigenvalue weighted by Crippen LogP contribution is -2.38. The average molecular weight is 308 g/mol. The minimum absolute atomic E-state index is 0.0628. The van der Waals surface area contributed by atoms with Crippen molar-refractivity contribution in [2.75, 3.05) is 23.0 Å². The lowest BCUT2D eigenvalue weighted by molar-refractivity contribution is 0.212. The Morgan fingerprint density at radius 1 is 1.19 bits per heavy atom. The number of aryl methyl sites for hydroxylation is 2. The standard InChI is InChI=1S/C15H20N2O3S/c1-4-16-13-8-21(19,20)9-14(13)17(15(16)18)12-7-10(2)5-6-11(12)3/h5-7,13-14H,4,8-9H2,1-3H3/t13-,14-/m0/s1. The Labute approximate surface area is 125 Å². The Balaban J connectivity index is 2.09. The van der Waals surface area contributed by atoms with Crippen molar-refractivity contribution in [2.24, 2.45) is 0 Å². The zero-order valence-corrected chi connectivity index (χ0v) is 13.4. The van der Waals surface area contributed by atoms with Crippen LogP contribution in [0.4, 0.5) is 10.5 Å². The molecule has 0 bridgehead atoms. The van der Waals surface area contributed by atoms with Crippen LogP contribution in [0, 0.1) is 13.8 Å². The van der Waals surface area contributed by atoms with Gasteiger partial charge in [0.25, 0.3) is 0 Å². The van der Waals surface area contributed by atoms with Gasteiger partial charge >= 0.3 is 6.03 Å². The molecule has 0 aliphatic carbocycles. The van der Waals surface area contributed by atoms with Crippen LogP contribution in [0.5, 0.6) is 0 Å². The number of hydrogen-bond donors (Lipinski definition) is 0. The number of hydrogen-bond acceptors (Lipinski definition) is 3. The van der Waals surface area contributed by atoms with E-state index in [1.807, 2.05) is 39.0 Å². The number of amides is 2. The SMILES string of the molecule is CCN1C(=O)N(c2cc(C)ccc2C)[C@H]2CS(=O)(=O)C[C@@H]21. The summed E-state index contributed by atoms with van der Waals surface area (Å²) in [5, 5.41) is 0. The molecule has 2 aliphatic rings. The van der Waals surface area contributed by atoms with Crippen LogP contribution in [0.3, 0.4) is 0 Å². The molecule has 21 heavy (non-hydrogen) atoms. The van der Waals surface area contributed by atoms with E-state index in [2.05, 4.69) is 0 Å². The van der Waals surface area contributed by atoms with Crippen molar-refractivity contribution in [3.05, 3.63) is 29.3 Å². The first-order valence-electron chi connectivity index (χ1n) is 7.21. The van der Waals surface area contributed by atoms with Crippen LogP contribution in [-0.2, 0) is 9.84 Å². The summed E-state index contributed by atoms with van der Waals surface area (Å²) in [6.45, 7) is 6.36. The highest BCUT2D eigenvalue weighted by molar-refractivity contribution is 7.91. The van der Waals surface area contributed by atoms with E-state index in [-0.39, 0.29) is 29.6 Å². The first-order chi connectivity index (χ1) is 9.84. The summed E-state index contributed by atoms with van der Waals surface area (Å²) >= 11 is 0. The van der Waals surface area contributed by atoms with Crippen LogP contribution >= 0.6 is 0 Å². The molecule has 2 saturated heterocycles. The fourth-order valence-corrected chi connectivity index (χ4v) is 5.36. The van der Waals surface area contributed by atoms with Crippen LogP contribution < -0.4 is 4.90 Å². The third-order valence-electron chi connectivity index (χ3n) is 4.44. The Bertz CT molecular complexity index is 699. The van der Waals surface area contributed by atoms with Gasteiger partial charge in [0.15, 0.2) is 9.84 Å². The third-order valence-corrected chi connectivity index (χ3v) is 6.14. The van der Waals surface area contributed by atoms with Gasteiger partial charge in [-0.25, -0.2) is 13.2 Å². The predicted octanol–water partition coefficient (Wildman–Crippen LogP) is 1.73. The van der Waals surface area contributed by atoms with Gasteiger partial charge in [0.05, 0.1) is 23.6 Å². The topological polar surface area (TPSA) is 57.7 Å². The molecular formula is C15H20N2O3S. The van der Waals surface area contributed by atoms with E-state index < -0.39 is 9.84 Å². The number of benzene rings is 1. The summed E-state index contributed by atoms with van der Waals surface area (Å²) < 4.78 is 24.0. The fraction of sp³-hybridized carbons (Fsp3) is 0.533. The normalized spacial score (nSPS) is 27.3. The summed E-state index contributed by atoms with van der Waals surface area (Å²) in [4.78, 5) is 16.1. The van der Waals surface area contributed by atoms with Gasteiger partial charge in [-0.15, -0.1) is 0 Å². The first-order valence-corrected chi connectivity index (χ1v) is 9.03. The van der Waals surface area contributed by atoms with Crippen molar-refractivity contribution in [1.82, 2.24) is 4.90 Å². The molecule has 2 atom stereocenters. The van der Waals surface area contributed by atoms with E-state index in [9.17, 15) is 13.2 Å².